The van der Waals surface area contributed by atoms with Crippen molar-refractivity contribution in [3.05, 3.63) is 150 Å². The zero-order chi connectivity index (χ0) is 29.9. The molecular formula is C41H31N3S. The first-order chi connectivity index (χ1) is 22.2. The molecule has 1 aliphatic carbocycles. The highest BCUT2D eigenvalue weighted by Gasteiger charge is 2.25. The standard InChI is InChI=1S/C41H31N3S/c1-43-36(28-13-6-3-7-14-28)23-24-42-41(43)44-37-21-19-29(27-11-4-2-5-12-27)25-34(37)35-26-30(20-22-38(35)44)31-16-10-17-33-32-15-8-9-18-39(32)45-40(31)33/h2-8,10-17,19-26,36H,9,18H2,1H3. The number of benzene rings is 5. The van der Waals surface area contributed by atoms with Crippen molar-refractivity contribution in [3.63, 3.8) is 0 Å². The summed E-state index contributed by atoms with van der Waals surface area (Å²) in [4.78, 5) is 8.78. The molecule has 2 aromatic heterocycles. The minimum absolute atomic E-state index is 0.102. The molecule has 7 aromatic rings. The minimum atomic E-state index is 0.102. The zero-order valence-electron chi connectivity index (χ0n) is 25.0. The highest BCUT2D eigenvalue weighted by molar-refractivity contribution is 7.20. The Morgan fingerprint density at radius 1 is 0.711 bits per heavy atom. The Balaban J connectivity index is 1.27. The van der Waals surface area contributed by atoms with Crippen LogP contribution in [0.25, 0.3) is 60.2 Å². The molecule has 9 rings (SSSR count). The van der Waals surface area contributed by atoms with Gasteiger partial charge in [-0.3, -0.25) is 4.57 Å². The average molecular weight is 598 g/mol. The van der Waals surface area contributed by atoms with Crippen LogP contribution in [0.4, 0.5) is 0 Å². The van der Waals surface area contributed by atoms with Gasteiger partial charge < -0.3 is 4.90 Å². The van der Waals surface area contributed by atoms with Gasteiger partial charge in [0.15, 0.2) is 0 Å². The van der Waals surface area contributed by atoms with Crippen molar-refractivity contribution < 1.29 is 0 Å². The second-order valence-electron chi connectivity index (χ2n) is 12.0. The molecule has 3 heterocycles. The van der Waals surface area contributed by atoms with E-state index in [0.29, 0.717) is 0 Å². The average Bonchev–Trinajstić information content (AvgIpc) is 3.64. The molecule has 2 aliphatic rings. The van der Waals surface area contributed by atoms with Gasteiger partial charge >= 0.3 is 0 Å². The number of nitrogens with zero attached hydrogens (tertiary/aromatic N) is 3. The molecule has 1 unspecified atom stereocenters. The monoisotopic (exact) mass is 597 g/mol. The van der Waals surface area contributed by atoms with Crippen LogP contribution in [-0.2, 0) is 6.42 Å². The highest BCUT2D eigenvalue weighted by Crippen LogP contribution is 2.43. The largest absolute Gasteiger partial charge is 0.334 e. The molecule has 0 saturated carbocycles. The summed E-state index contributed by atoms with van der Waals surface area (Å²) in [5.74, 6) is 0.923. The Morgan fingerprint density at radius 2 is 1.44 bits per heavy atom. The number of hydrogen-bond donors (Lipinski definition) is 0. The van der Waals surface area contributed by atoms with Crippen LogP contribution in [-0.4, -0.2) is 22.5 Å². The van der Waals surface area contributed by atoms with Crippen molar-refractivity contribution in [2.45, 2.75) is 18.9 Å². The second-order valence-corrected chi connectivity index (χ2v) is 13.1. The Kier molecular flexibility index (Phi) is 6.10. The molecule has 0 spiro atoms. The summed E-state index contributed by atoms with van der Waals surface area (Å²) in [5.41, 5.74) is 9.97. The van der Waals surface area contributed by atoms with Crippen molar-refractivity contribution in [2.75, 3.05) is 7.05 Å². The minimum Gasteiger partial charge on any atom is -0.334 e. The molecular weight excluding hydrogens is 567 g/mol. The van der Waals surface area contributed by atoms with Crippen molar-refractivity contribution >= 4 is 55.3 Å². The van der Waals surface area contributed by atoms with Crippen LogP contribution in [0.15, 0.2) is 139 Å². The molecule has 0 amide bonds. The van der Waals surface area contributed by atoms with E-state index in [2.05, 4.69) is 150 Å². The molecule has 1 aliphatic heterocycles. The van der Waals surface area contributed by atoms with Crippen LogP contribution in [0.5, 0.6) is 0 Å². The fourth-order valence-electron chi connectivity index (χ4n) is 7.15. The lowest BCUT2D eigenvalue weighted by Gasteiger charge is -2.32. The van der Waals surface area contributed by atoms with E-state index in [1.54, 1.807) is 0 Å². The summed E-state index contributed by atoms with van der Waals surface area (Å²) in [6.07, 6.45) is 11.0. The molecule has 4 heteroatoms. The maximum Gasteiger partial charge on any atom is 0.211 e. The Labute approximate surface area is 266 Å². The maximum absolute atomic E-state index is 4.99. The molecule has 0 fully saturated rings. The fourth-order valence-corrected chi connectivity index (χ4v) is 8.49. The van der Waals surface area contributed by atoms with Crippen LogP contribution in [0.1, 0.15) is 28.5 Å². The van der Waals surface area contributed by atoms with Gasteiger partial charge in [0.1, 0.15) is 0 Å². The van der Waals surface area contributed by atoms with Crippen molar-refractivity contribution in [2.24, 2.45) is 4.99 Å². The summed E-state index contributed by atoms with van der Waals surface area (Å²) >= 11 is 1.97. The zero-order valence-corrected chi connectivity index (χ0v) is 25.8. The van der Waals surface area contributed by atoms with Crippen molar-refractivity contribution in [1.29, 1.82) is 0 Å². The Bertz CT molecular complexity index is 2340. The predicted molar refractivity (Wildman–Crippen MR) is 192 cm³/mol. The molecule has 0 N–H and O–H groups in total. The molecule has 1 atom stereocenters. The van der Waals surface area contributed by atoms with Gasteiger partial charge in [-0.1, -0.05) is 103 Å². The number of rotatable bonds is 3. The number of thiophene rings is 1. The second kappa shape index (κ2) is 10.5. The van der Waals surface area contributed by atoms with Gasteiger partial charge in [0.2, 0.25) is 5.96 Å². The number of aliphatic imine (C=N–C) groups is 1. The molecule has 0 radical (unpaired) electrons. The third-order valence-electron chi connectivity index (χ3n) is 9.37. The van der Waals surface area contributed by atoms with Crippen LogP contribution in [0, 0.1) is 0 Å². The predicted octanol–water partition coefficient (Wildman–Crippen LogP) is 10.7. The van der Waals surface area contributed by atoms with Gasteiger partial charge in [-0.15, -0.1) is 11.3 Å². The van der Waals surface area contributed by atoms with E-state index in [-0.39, 0.29) is 6.04 Å². The van der Waals surface area contributed by atoms with Crippen LogP contribution < -0.4 is 0 Å². The molecule has 3 nitrogen and oxygen atoms in total. The number of fused-ring (bicyclic) bond motifs is 6. The number of likely N-dealkylation sites (N-methyl/N-ethyl adjacent to an activating group) is 1. The first kappa shape index (κ1) is 26.2. The third-order valence-corrected chi connectivity index (χ3v) is 10.7. The number of aryl methyl sites for hydroxylation is 1. The summed E-state index contributed by atoms with van der Waals surface area (Å²) in [7, 11) is 2.15. The normalized spacial score (nSPS) is 16.1. The van der Waals surface area contributed by atoms with E-state index >= 15 is 0 Å². The molecule has 45 heavy (non-hydrogen) atoms. The highest BCUT2D eigenvalue weighted by atomic mass is 32.1. The summed E-state index contributed by atoms with van der Waals surface area (Å²) in [6, 6.07) is 42.1. The van der Waals surface area contributed by atoms with E-state index in [1.807, 2.05) is 17.5 Å². The topological polar surface area (TPSA) is 20.5 Å². The molecule has 0 saturated heterocycles. The summed E-state index contributed by atoms with van der Waals surface area (Å²) in [5, 5.41) is 3.84. The first-order valence-electron chi connectivity index (χ1n) is 15.6. The van der Waals surface area contributed by atoms with Crippen LogP contribution >= 0.6 is 11.3 Å². The lowest BCUT2D eigenvalue weighted by molar-refractivity contribution is 0.420. The third kappa shape index (κ3) is 4.21. The van der Waals surface area contributed by atoms with Crippen LogP contribution in [0.3, 0.4) is 0 Å². The summed E-state index contributed by atoms with van der Waals surface area (Å²) in [6.45, 7) is 0. The fraction of sp³-hybridized carbons (Fsp3) is 0.0976. The number of hydrogen-bond acceptors (Lipinski definition) is 3. The lowest BCUT2D eigenvalue weighted by atomic mass is 9.97. The molecule has 5 aromatic carbocycles. The van der Waals surface area contributed by atoms with Gasteiger partial charge in [-0.2, -0.15) is 0 Å². The van der Waals surface area contributed by atoms with E-state index in [0.717, 1.165) is 29.8 Å². The maximum atomic E-state index is 4.99. The van der Waals surface area contributed by atoms with Crippen LogP contribution in [0.2, 0.25) is 0 Å². The van der Waals surface area contributed by atoms with Crippen molar-refractivity contribution in [1.82, 2.24) is 9.47 Å². The van der Waals surface area contributed by atoms with Gasteiger partial charge in [0.05, 0.1) is 17.1 Å². The van der Waals surface area contributed by atoms with Gasteiger partial charge in [0.25, 0.3) is 0 Å². The lowest BCUT2D eigenvalue weighted by Crippen LogP contribution is -2.36. The number of allylic oxidation sites excluding steroid dienone is 1. The first-order valence-corrected chi connectivity index (χ1v) is 16.4. The summed E-state index contributed by atoms with van der Waals surface area (Å²) < 4.78 is 3.73. The Hall–Kier alpha value is -5.19. The smallest absolute Gasteiger partial charge is 0.211 e. The van der Waals surface area contributed by atoms with E-state index < -0.39 is 0 Å². The van der Waals surface area contributed by atoms with E-state index in [4.69, 9.17) is 4.99 Å². The van der Waals surface area contributed by atoms with E-state index in [1.165, 1.54) is 59.1 Å². The Morgan fingerprint density at radius 3 is 2.24 bits per heavy atom. The molecule has 216 valence electrons. The van der Waals surface area contributed by atoms with Gasteiger partial charge in [0, 0.05) is 39.0 Å². The quantitative estimate of drug-likeness (QED) is 0.198. The van der Waals surface area contributed by atoms with E-state index in [9.17, 15) is 0 Å². The number of aromatic nitrogens is 1. The molecule has 0 bridgehead atoms. The van der Waals surface area contributed by atoms with Gasteiger partial charge in [-0.05, 0) is 76.6 Å². The van der Waals surface area contributed by atoms with Gasteiger partial charge in [-0.25, -0.2) is 4.99 Å². The van der Waals surface area contributed by atoms with Crippen molar-refractivity contribution in [3.8, 4) is 22.3 Å². The SMILES string of the molecule is CN1C(n2c3ccc(-c4ccccc4)cc3c3cc(-c4cccc5c6c(sc45)CCC=C6)ccc32)=NC=CC1c1ccccc1.